The number of hydrogen-bond donors (Lipinski definition) is 2. The van der Waals surface area contributed by atoms with Gasteiger partial charge in [-0.15, -0.1) is 0 Å². The number of nitrogens with one attached hydrogen (secondary N) is 2. The molecule has 0 aliphatic carbocycles. The predicted molar refractivity (Wildman–Crippen MR) is 102 cm³/mol. The molecule has 0 aliphatic rings. The topological polar surface area (TPSA) is 62.0 Å². The van der Waals surface area contributed by atoms with E-state index in [0.717, 1.165) is 27.6 Å². The van der Waals surface area contributed by atoms with Crippen LogP contribution in [0.1, 0.15) is 30.5 Å². The van der Waals surface area contributed by atoms with E-state index in [1.54, 1.807) is 6.07 Å². The summed E-state index contributed by atoms with van der Waals surface area (Å²) in [6, 6.07) is 13.4. The number of aryl methyl sites for hydroxylation is 2. The van der Waals surface area contributed by atoms with Crippen molar-refractivity contribution in [3.05, 3.63) is 65.4 Å². The van der Waals surface area contributed by atoms with Gasteiger partial charge in [0, 0.05) is 22.6 Å². The van der Waals surface area contributed by atoms with Crippen molar-refractivity contribution >= 4 is 20.9 Å². The molecule has 5 heteroatoms. The van der Waals surface area contributed by atoms with Crippen LogP contribution in [0.2, 0.25) is 0 Å². The van der Waals surface area contributed by atoms with Crippen LogP contribution in [-0.4, -0.2) is 18.9 Å². The number of para-hydroxylation sites is 1. The highest BCUT2D eigenvalue weighted by atomic mass is 32.2. The molecule has 0 amide bonds. The van der Waals surface area contributed by atoms with E-state index in [1.165, 1.54) is 0 Å². The first-order valence-electron chi connectivity index (χ1n) is 8.34. The molecule has 0 fully saturated rings. The van der Waals surface area contributed by atoms with Crippen molar-refractivity contribution in [1.82, 2.24) is 9.71 Å². The van der Waals surface area contributed by atoms with E-state index in [4.69, 9.17) is 0 Å². The highest BCUT2D eigenvalue weighted by Crippen LogP contribution is 2.24. The molecule has 25 heavy (non-hydrogen) atoms. The van der Waals surface area contributed by atoms with Crippen LogP contribution in [0.5, 0.6) is 0 Å². The first kappa shape index (κ1) is 17.7. The summed E-state index contributed by atoms with van der Waals surface area (Å²) >= 11 is 0. The quantitative estimate of drug-likeness (QED) is 0.723. The second-order valence-electron chi connectivity index (χ2n) is 7.29. The first-order valence-corrected chi connectivity index (χ1v) is 9.82. The lowest BCUT2D eigenvalue weighted by molar-refractivity contribution is 0.451. The van der Waals surface area contributed by atoms with Gasteiger partial charge in [0.2, 0.25) is 10.0 Å². The van der Waals surface area contributed by atoms with E-state index >= 15 is 0 Å². The van der Waals surface area contributed by atoms with Crippen molar-refractivity contribution in [1.29, 1.82) is 0 Å². The highest BCUT2D eigenvalue weighted by Gasteiger charge is 2.28. The Labute approximate surface area is 149 Å². The summed E-state index contributed by atoms with van der Waals surface area (Å²) in [4.78, 5) is 3.58. The molecule has 0 spiro atoms. The third-order valence-corrected chi connectivity index (χ3v) is 6.20. The van der Waals surface area contributed by atoms with Gasteiger partial charge in [-0.2, -0.15) is 0 Å². The van der Waals surface area contributed by atoms with Crippen LogP contribution >= 0.6 is 0 Å². The number of rotatable bonds is 5. The summed E-state index contributed by atoms with van der Waals surface area (Å²) in [5, 5.41) is 1.13. The smallest absolute Gasteiger partial charge is 0.241 e. The lowest BCUT2D eigenvalue weighted by Crippen LogP contribution is -2.45. The summed E-state index contributed by atoms with van der Waals surface area (Å²) < 4.78 is 28.6. The lowest BCUT2D eigenvalue weighted by atomic mass is 9.96. The second kappa shape index (κ2) is 6.32. The van der Waals surface area contributed by atoms with Crippen molar-refractivity contribution in [3.8, 4) is 0 Å². The standard InChI is InChI=1S/C20H24N2O2S/c1-14-9-10-19(15(2)11-14)25(23,24)22-20(3,4)12-16-13-21-18-8-6-5-7-17(16)18/h5-11,13,21-22H,12H2,1-4H3. The summed E-state index contributed by atoms with van der Waals surface area (Å²) in [5.41, 5.74) is 3.36. The van der Waals surface area contributed by atoms with Crippen LogP contribution in [0, 0.1) is 13.8 Å². The zero-order chi connectivity index (χ0) is 18.2. The largest absolute Gasteiger partial charge is 0.361 e. The molecule has 0 aliphatic heterocycles. The minimum atomic E-state index is -3.58. The zero-order valence-corrected chi connectivity index (χ0v) is 15.9. The average Bonchev–Trinajstić information content (AvgIpc) is 2.88. The Hall–Kier alpha value is -2.11. The minimum absolute atomic E-state index is 0.338. The van der Waals surface area contributed by atoms with Gasteiger partial charge in [0.25, 0.3) is 0 Å². The van der Waals surface area contributed by atoms with Crippen molar-refractivity contribution in [3.63, 3.8) is 0 Å². The maximum atomic E-state index is 12.9. The van der Waals surface area contributed by atoms with Gasteiger partial charge in [0.15, 0.2) is 0 Å². The molecule has 0 bridgehead atoms. The highest BCUT2D eigenvalue weighted by molar-refractivity contribution is 7.89. The van der Waals surface area contributed by atoms with Crippen LogP contribution in [0.15, 0.2) is 53.6 Å². The van der Waals surface area contributed by atoms with Crippen LogP contribution in [0.3, 0.4) is 0 Å². The Morgan fingerprint density at radius 1 is 1.08 bits per heavy atom. The molecule has 2 N–H and O–H groups in total. The van der Waals surface area contributed by atoms with Crippen molar-refractivity contribution in [2.75, 3.05) is 0 Å². The number of aromatic nitrogens is 1. The maximum absolute atomic E-state index is 12.9. The zero-order valence-electron chi connectivity index (χ0n) is 15.1. The molecule has 1 heterocycles. The first-order chi connectivity index (χ1) is 11.7. The lowest BCUT2D eigenvalue weighted by Gasteiger charge is -2.26. The fourth-order valence-electron chi connectivity index (χ4n) is 3.31. The molecule has 1 aromatic heterocycles. The van der Waals surface area contributed by atoms with Gasteiger partial charge in [-0.25, -0.2) is 13.1 Å². The van der Waals surface area contributed by atoms with E-state index in [-0.39, 0.29) is 0 Å². The van der Waals surface area contributed by atoms with Gasteiger partial charge in [0.1, 0.15) is 0 Å². The van der Waals surface area contributed by atoms with Gasteiger partial charge in [0.05, 0.1) is 4.90 Å². The van der Waals surface area contributed by atoms with E-state index in [1.807, 2.05) is 64.2 Å². The maximum Gasteiger partial charge on any atom is 0.241 e. The Morgan fingerprint density at radius 3 is 2.52 bits per heavy atom. The third kappa shape index (κ3) is 3.78. The van der Waals surface area contributed by atoms with Gasteiger partial charge < -0.3 is 4.98 Å². The van der Waals surface area contributed by atoms with Crippen LogP contribution in [0.4, 0.5) is 0 Å². The van der Waals surface area contributed by atoms with Crippen molar-refractivity contribution in [2.45, 2.75) is 44.6 Å². The van der Waals surface area contributed by atoms with Crippen molar-refractivity contribution in [2.24, 2.45) is 0 Å². The number of fused-ring (bicyclic) bond motifs is 1. The number of aromatic amines is 1. The summed E-state index contributed by atoms with van der Waals surface area (Å²) in [6.45, 7) is 7.61. The van der Waals surface area contributed by atoms with Crippen LogP contribution in [-0.2, 0) is 16.4 Å². The Morgan fingerprint density at radius 2 is 1.80 bits per heavy atom. The molecule has 132 valence electrons. The van der Waals surface area contributed by atoms with Crippen molar-refractivity contribution < 1.29 is 8.42 Å². The molecule has 0 saturated carbocycles. The SMILES string of the molecule is Cc1ccc(S(=O)(=O)NC(C)(C)Cc2c[nH]c3ccccc23)c(C)c1. The van der Waals surface area contributed by atoms with Gasteiger partial charge in [-0.1, -0.05) is 35.9 Å². The Bertz CT molecular complexity index is 1020. The molecule has 2 aromatic carbocycles. The summed E-state index contributed by atoms with van der Waals surface area (Å²) in [7, 11) is -3.58. The Kier molecular flexibility index (Phi) is 4.47. The number of sulfonamides is 1. The van der Waals surface area contributed by atoms with E-state index in [9.17, 15) is 8.42 Å². The molecule has 3 rings (SSSR count). The van der Waals surface area contributed by atoms with E-state index < -0.39 is 15.6 Å². The molecule has 0 radical (unpaired) electrons. The predicted octanol–water partition coefficient (Wildman–Crippen LogP) is 4.08. The van der Waals surface area contributed by atoms with Crippen LogP contribution < -0.4 is 4.72 Å². The molecule has 4 nitrogen and oxygen atoms in total. The van der Waals surface area contributed by atoms with Gasteiger partial charge in [-0.05, 0) is 57.4 Å². The number of benzene rings is 2. The normalized spacial score (nSPS) is 12.6. The average molecular weight is 356 g/mol. The molecule has 0 atom stereocenters. The molecule has 3 aromatic rings. The third-order valence-electron chi connectivity index (χ3n) is 4.34. The molecular weight excluding hydrogens is 332 g/mol. The fourth-order valence-corrected chi connectivity index (χ4v) is 4.95. The van der Waals surface area contributed by atoms with E-state index in [0.29, 0.717) is 11.3 Å². The van der Waals surface area contributed by atoms with Gasteiger partial charge >= 0.3 is 0 Å². The van der Waals surface area contributed by atoms with E-state index in [2.05, 4.69) is 15.8 Å². The summed E-state index contributed by atoms with van der Waals surface area (Å²) in [6.07, 6.45) is 2.55. The minimum Gasteiger partial charge on any atom is -0.361 e. The monoisotopic (exact) mass is 356 g/mol. The number of H-pyrrole nitrogens is 1. The second-order valence-corrected chi connectivity index (χ2v) is 8.95. The van der Waals surface area contributed by atoms with Crippen LogP contribution in [0.25, 0.3) is 10.9 Å². The Balaban J connectivity index is 1.87. The molecule has 0 unspecified atom stereocenters. The number of hydrogen-bond acceptors (Lipinski definition) is 2. The van der Waals surface area contributed by atoms with Gasteiger partial charge in [-0.3, -0.25) is 0 Å². The molecule has 0 saturated heterocycles. The fraction of sp³-hybridized carbons (Fsp3) is 0.300. The summed E-state index contributed by atoms with van der Waals surface area (Å²) in [5.74, 6) is 0. The molecular formula is C20H24N2O2S.